The quantitative estimate of drug-likeness (QED) is 0.657. The first kappa shape index (κ1) is 14.4. The number of hydrazone groups is 1. The van der Waals surface area contributed by atoms with Crippen LogP contribution in [0.2, 0.25) is 5.02 Å². The maximum absolute atomic E-state index is 6.13. The fourth-order valence-electron chi connectivity index (χ4n) is 2.80. The van der Waals surface area contributed by atoms with E-state index in [1.807, 2.05) is 37.3 Å². The maximum Gasteiger partial charge on any atom is 0.159 e. The van der Waals surface area contributed by atoms with Gasteiger partial charge in [0.05, 0.1) is 0 Å². The molecule has 0 aliphatic carbocycles. The lowest BCUT2D eigenvalue weighted by Gasteiger charge is -2.03. The molecule has 0 unspecified atom stereocenters. The Kier molecular flexibility index (Phi) is 3.43. The van der Waals surface area contributed by atoms with Crippen molar-refractivity contribution in [2.75, 3.05) is 0 Å². The van der Waals surface area contributed by atoms with Crippen LogP contribution in [0.5, 0.6) is 0 Å². The molecule has 1 N–H and O–H groups in total. The van der Waals surface area contributed by atoms with Gasteiger partial charge in [-0.25, -0.2) is 0 Å². The SMILES string of the molecule is Cc1ccc2c3c(oc2c1)C(c1ccc(Cl)cc1)=NNC(=S)C3. The van der Waals surface area contributed by atoms with Crippen molar-refractivity contribution < 1.29 is 4.42 Å². The average molecular weight is 341 g/mol. The van der Waals surface area contributed by atoms with Crippen LogP contribution in [0.4, 0.5) is 0 Å². The van der Waals surface area contributed by atoms with Gasteiger partial charge in [-0.2, -0.15) is 5.10 Å². The van der Waals surface area contributed by atoms with Crippen molar-refractivity contribution in [3.8, 4) is 0 Å². The third kappa shape index (κ3) is 2.54. The molecule has 1 aromatic heterocycles. The summed E-state index contributed by atoms with van der Waals surface area (Å²) in [6.45, 7) is 2.05. The van der Waals surface area contributed by atoms with E-state index < -0.39 is 0 Å². The molecule has 0 spiro atoms. The Hall–Kier alpha value is -2.17. The van der Waals surface area contributed by atoms with Crippen molar-refractivity contribution in [1.82, 2.24) is 5.43 Å². The van der Waals surface area contributed by atoms with Crippen LogP contribution in [0.15, 0.2) is 52.0 Å². The lowest BCUT2D eigenvalue weighted by molar-refractivity contribution is 0.601. The summed E-state index contributed by atoms with van der Waals surface area (Å²) in [5.74, 6) is 0.764. The monoisotopic (exact) mass is 340 g/mol. The van der Waals surface area contributed by atoms with Crippen LogP contribution < -0.4 is 5.43 Å². The summed E-state index contributed by atoms with van der Waals surface area (Å²) < 4.78 is 6.13. The second-order valence-corrected chi connectivity index (χ2v) is 6.52. The number of hydrogen-bond acceptors (Lipinski definition) is 3. The van der Waals surface area contributed by atoms with Gasteiger partial charge < -0.3 is 4.42 Å². The molecule has 2 heterocycles. The molecule has 0 amide bonds. The average Bonchev–Trinajstić information content (AvgIpc) is 2.78. The van der Waals surface area contributed by atoms with Gasteiger partial charge in [-0.1, -0.05) is 48.1 Å². The highest BCUT2D eigenvalue weighted by molar-refractivity contribution is 7.80. The number of hydrogen-bond donors (Lipinski definition) is 1. The van der Waals surface area contributed by atoms with Crippen molar-refractivity contribution >= 4 is 45.5 Å². The van der Waals surface area contributed by atoms with Crippen molar-refractivity contribution in [2.24, 2.45) is 5.10 Å². The fourth-order valence-corrected chi connectivity index (χ4v) is 3.11. The standard InChI is InChI=1S/C18H13ClN2OS/c1-10-2-7-13-14-9-16(23)20-21-17(18(14)22-15(13)8-10)11-3-5-12(19)6-4-11/h2-8H,9H2,1H3,(H,20,23). The molecule has 1 aliphatic heterocycles. The second-order valence-electron chi connectivity index (χ2n) is 5.59. The van der Waals surface area contributed by atoms with Gasteiger partial charge >= 0.3 is 0 Å². The Balaban J connectivity index is 1.97. The molecule has 1 aliphatic rings. The largest absolute Gasteiger partial charge is 0.454 e. The van der Waals surface area contributed by atoms with Gasteiger partial charge in [0.2, 0.25) is 0 Å². The molecule has 0 fully saturated rings. The zero-order chi connectivity index (χ0) is 16.0. The van der Waals surface area contributed by atoms with Gasteiger partial charge in [-0.05, 0) is 30.7 Å². The minimum Gasteiger partial charge on any atom is -0.454 e. The summed E-state index contributed by atoms with van der Waals surface area (Å²) in [5.41, 5.74) is 7.71. The molecule has 5 heteroatoms. The van der Waals surface area contributed by atoms with Crippen LogP contribution in [-0.2, 0) is 6.42 Å². The summed E-state index contributed by atoms with van der Waals surface area (Å²) in [7, 11) is 0. The molecule has 0 saturated heterocycles. The van der Waals surface area contributed by atoms with Gasteiger partial charge in [0, 0.05) is 28.0 Å². The molecule has 0 atom stereocenters. The minimum absolute atomic E-state index is 0.612. The third-order valence-electron chi connectivity index (χ3n) is 3.91. The van der Waals surface area contributed by atoms with Crippen LogP contribution in [-0.4, -0.2) is 10.7 Å². The lowest BCUT2D eigenvalue weighted by Crippen LogP contribution is -2.16. The van der Waals surface area contributed by atoms with Gasteiger partial charge in [-0.3, -0.25) is 5.43 Å². The van der Waals surface area contributed by atoms with Gasteiger partial charge in [0.1, 0.15) is 16.3 Å². The van der Waals surface area contributed by atoms with Crippen LogP contribution in [0.25, 0.3) is 11.0 Å². The Morgan fingerprint density at radius 2 is 1.96 bits per heavy atom. The number of halogens is 1. The number of fused-ring (bicyclic) bond motifs is 3. The first-order chi connectivity index (χ1) is 11.1. The van der Waals surface area contributed by atoms with E-state index in [2.05, 4.69) is 22.7 Å². The Labute approximate surface area is 143 Å². The van der Waals surface area contributed by atoms with Crippen LogP contribution >= 0.6 is 23.8 Å². The number of benzene rings is 2. The van der Waals surface area contributed by atoms with E-state index in [0.717, 1.165) is 39.1 Å². The van der Waals surface area contributed by atoms with Crippen molar-refractivity contribution in [3.05, 3.63) is 69.9 Å². The van der Waals surface area contributed by atoms with Gasteiger partial charge in [-0.15, -0.1) is 0 Å². The highest BCUT2D eigenvalue weighted by atomic mass is 35.5. The molecule has 3 nitrogen and oxygen atoms in total. The Morgan fingerprint density at radius 3 is 2.74 bits per heavy atom. The second kappa shape index (κ2) is 5.48. The first-order valence-electron chi connectivity index (χ1n) is 7.27. The number of thiocarbonyl (C=S) groups is 1. The predicted octanol–water partition coefficient (Wildman–Crippen LogP) is 4.62. The van der Waals surface area contributed by atoms with Crippen molar-refractivity contribution in [2.45, 2.75) is 13.3 Å². The van der Waals surface area contributed by atoms with E-state index in [4.69, 9.17) is 28.2 Å². The molecule has 3 aromatic rings. The van der Waals surface area contributed by atoms with Gasteiger partial charge in [0.15, 0.2) is 5.76 Å². The van der Waals surface area contributed by atoms with Gasteiger partial charge in [0.25, 0.3) is 0 Å². The summed E-state index contributed by atoms with van der Waals surface area (Å²) in [4.78, 5) is 0.679. The van der Waals surface area contributed by atoms with Crippen LogP contribution in [0, 0.1) is 6.92 Å². The molecule has 0 saturated carbocycles. The highest BCUT2D eigenvalue weighted by Gasteiger charge is 2.24. The van der Waals surface area contributed by atoms with Crippen LogP contribution in [0.1, 0.15) is 22.5 Å². The van der Waals surface area contributed by atoms with E-state index in [0.29, 0.717) is 16.4 Å². The van der Waals surface area contributed by atoms with E-state index >= 15 is 0 Å². The first-order valence-corrected chi connectivity index (χ1v) is 8.05. The number of nitrogens with zero attached hydrogens (tertiary/aromatic N) is 1. The van der Waals surface area contributed by atoms with E-state index in [-0.39, 0.29) is 0 Å². The van der Waals surface area contributed by atoms with Crippen molar-refractivity contribution in [1.29, 1.82) is 0 Å². The number of nitrogens with one attached hydrogen (secondary N) is 1. The molecule has 0 bridgehead atoms. The molecular weight excluding hydrogens is 328 g/mol. The Bertz CT molecular complexity index is 957. The maximum atomic E-state index is 6.13. The predicted molar refractivity (Wildman–Crippen MR) is 97.5 cm³/mol. The van der Waals surface area contributed by atoms with Crippen molar-refractivity contribution in [3.63, 3.8) is 0 Å². The topological polar surface area (TPSA) is 37.5 Å². The normalized spacial score (nSPS) is 14.2. The Morgan fingerprint density at radius 1 is 1.17 bits per heavy atom. The zero-order valence-corrected chi connectivity index (χ0v) is 14.0. The minimum atomic E-state index is 0.612. The summed E-state index contributed by atoms with van der Waals surface area (Å²) in [5, 5.41) is 6.22. The third-order valence-corrected chi connectivity index (χ3v) is 4.40. The lowest BCUT2D eigenvalue weighted by atomic mass is 10.0. The molecule has 0 radical (unpaired) electrons. The summed E-state index contributed by atoms with van der Waals surface area (Å²) >= 11 is 11.4. The molecule has 4 rings (SSSR count). The van der Waals surface area contributed by atoms with E-state index in [1.54, 1.807) is 0 Å². The smallest absolute Gasteiger partial charge is 0.159 e. The van der Waals surface area contributed by atoms with Crippen LogP contribution in [0.3, 0.4) is 0 Å². The zero-order valence-electron chi connectivity index (χ0n) is 12.4. The summed E-state index contributed by atoms with van der Waals surface area (Å²) in [6, 6.07) is 13.8. The molecule has 114 valence electrons. The molecule has 2 aromatic carbocycles. The number of rotatable bonds is 1. The number of furan rings is 1. The highest BCUT2D eigenvalue weighted by Crippen LogP contribution is 2.31. The number of aryl methyl sites for hydroxylation is 1. The molecule has 23 heavy (non-hydrogen) atoms. The van der Waals surface area contributed by atoms with E-state index in [9.17, 15) is 0 Å². The summed E-state index contributed by atoms with van der Waals surface area (Å²) in [6.07, 6.45) is 0.612. The van der Waals surface area contributed by atoms with E-state index in [1.165, 1.54) is 0 Å². The fraction of sp³-hybridized carbons (Fsp3) is 0.111. The molecular formula is C18H13ClN2OS.